The second-order valence-electron chi connectivity index (χ2n) is 10.6. The van der Waals surface area contributed by atoms with Gasteiger partial charge in [0.05, 0.1) is 6.61 Å². The smallest absolute Gasteiger partial charge is 0.126 e. The van der Waals surface area contributed by atoms with E-state index in [1.807, 2.05) is 0 Å². The third-order valence-corrected chi connectivity index (χ3v) is 8.47. The molecule has 164 valence electrons. The fourth-order valence-electron chi connectivity index (χ4n) is 6.32. The lowest BCUT2D eigenvalue weighted by molar-refractivity contribution is 0.126. The van der Waals surface area contributed by atoms with E-state index in [-0.39, 0.29) is 0 Å². The maximum absolute atomic E-state index is 6.48. The molecule has 2 aromatic carbocycles. The maximum atomic E-state index is 6.48. The summed E-state index contributed by atoms with van der Waals surface area (Å²) in [5, 5.41) is 0. The third kappa shape index (κ3) is 4.61. The molecule has 1 nitrogen and oxygen atoms in total. The zero-order chi connectivity index (χ0) is 21.2. The Labute approximate surface area is 188 Å². The first-order valence-electron chi connectivity index (χ1n) is 12.7. The Morgan fingerprint density at radius 2 is 1.48 bits per heavy atom. The van der Waals surface area contributed by atoms with Gasteiger partial charge in [-0.25, -0.2) is 0 Å². The predicted octanol–water partition coefficient (Wildman–Crippen LogP) is 8.10. The van der Waals surface area contributed by atoms with Gasteiger partial charge in [-0.3, -0.25) is 0 Å². The number of rotatable bonds is 5. The summed E-state index contributed by atoms with van der Waals surface area (Å²) in [4.78, 5) is 0. The molecule has 5 rings (SSSR count). The summed E-state index contributed by atoms with van der Waals surface area (Å²) >= 11 is 0. The summed E-state index contributed by atoms with van der Waals surface area (Å²) in [5.74, 6) is 4.79. The van der Waals surface area contributed by atoms with Crippen molar-refractivity contribution in [3.05, 3.63) is 64.7 Å². The van der Waals surface area contributed by atoms with Gasteiger partial charge in [0.1, 0.15) is 5.75 Å². The molecule has 2 aromatic rings. The van der Waals surface area contributed by atoms with Crippen molar-refractivity contribution < 1.29 is 4.74 Å². The van der Waals surface area contributed by atoms with E-state index < -0.39 is 0 Å². The Balaban J connectivity index is 1.20. The second-order valence-corrected chi connectivity index (χ2v) is 10.6. The van der Waals surface area contributed by atoms with E-state index in [2.05, 4.69) is 62.4 Å². The van der Waals surface area contributed by atoms with Crippen molar-refractivity contribution in [2.75, 3.05) is 6.61 Å². The van der Waals surface area contributed by atoms with E-state index in [0.717, 1.165) is 42.4 Å². The van der Waals surface area contributed by atoms with Crippen molar-refractivity contribution in [1.82, 2.24) is 0 Å². The molecule has 0 amide bonds. The van der Waals surface area contributed by atoms with Gasteiger partial charge < -0.3 is 4.74 Å². The Kier molecular flexibility index (Phi) is 6.21. The monoisotopic (exact) mass is 414 g/mol. The average molecular weight is 415 g/mol. The first kappa shape index (κ1) is 20.9. The largest absolute Gasteiger partial charge is 0.493 e. The molecule has 1 heteroatoms. The number of benzene rings is 2. The van der Waals surface area contributed by atoms with Crippen LogP contribution < -0.4 is 4.74 Å². The molecule has 0 aliphatic heterocycles. The maximum Gasteiger partial charge on any atom is 0.126 e. The van der Waals surface area contributed by atoms with Crippen molar-refractivity contribution in [3.8, 4) is 5.75 Å². The molecule has 0 spiro atoms. The summed E-state index contributed by atoms with van der Waals surface area (Å²) in [7, 11) is 0. The molecule has 0 N–H and O–H groups in total. The van der Waals surface area contributed by atoms with Gasteiger partial charge in [-0.2, -0.15) is 0 Å². The lowest BCUT2D eigenvalue weighted by atomic mass is 9.69. The lowest BCUT2D eigenvalue weighted by Gasteiger charge is -2.37. The van der Waals surface area contributed by atoms with Gasteiger partial charge in [-0.05, 0) is 110 Å². The van der Waals surface area contributed by atoms with E-state index in [9.17, 15) is 0 Å². The Morgan fingerprint density at radius 1 is 0.806 bits per heavy atom. The summed E-state index contributed by atoms with van der Waals surface area (Å²) in [6, 6.07) is 15.2. The zero-order valence-corrected chi connectivity index (χ0v) is 19.4. The first-order chi connectivity index (χ1) is 15.2. The fourth-order valence-corrected chi connectivity index (χ4v) is 6.32. The zero-order valence-electron chi connectivity index (χ0n) is 19.4. The molecular formula is C30H38O. The summed E-state index contributed by atoms with van der Waals surface area (Å²) in [5.41, 5.74) is 6.90. The quantitative estimate of drug-likeness (QED) is 0.480. The van der Waals surface area contributed by atoms with Crippen molar-refractivity contribution >= 4 is 11.6 Å². The van der Waals surface area contributed by atoms with Crippen LogP contribution in [0, 0.1) is 30.6 Å². The van der Waals surface area contributed by atoms with Gasteiger partial charge in [0, 0.05) is 5.56 Å². The highest BCUT2D eigenvalue weighted by Crippen LogP contribution is 2.42. The number of fused-ring (bicyclic) bond motifs is 1. The fraction of sp³-hybridized carbons (Fsp3) is 0.533. The molecule has 0 atom stereocenters. The van der Waals surface area contributed by atoms with Crippen LogP contribution in [0.1, 0.15) is 80.5 Å². The first-order valence-corrected chi connectivity index (χ1v) is 12.7. The molecule has 0 bridgehead atoms. The normalized spacial score (nSPS) is 28.1. The standard InChI is InChI=1S/C30H38O/c1-21-8-13-25(14-9-21)26-15-11-23(12-16-26)20-31-30-17-10-22(2)28-18-27(19-29(28)30)24-6-4-3-5-7-24/h3-7,10,17,19,21,23,25-26H,8-9,11-16,18,20H2,1-2H3. The van der Waals surface area contributed by atoms with Gasteiger partial charge in [-0.1, -0.05) is 56.2 Å². The van der Waals surface area contributed by atoms with E-state index in [0.29, 0.717) is 0 Å². The molecular weight excluding hydrogens is 376 g/mol. The van der Waals surface area contributed by atoms with Crippen LogP contribution in [-0.2, 0) is 6.42 Å². The van der Waals surface area contributed by atoms with Crippen molar-refractivity contribution in [1.29, 1.82) is 0 Å². The topological polar surface area (TPSA) is 9.23 Å². The number of aryl methyl sites for hydroxylation is 1. The van der Waals surface area contributed by atoms with Crippen LogP contribution in [0.3, 0.4) is 0 Å². The van der Waals surface area contributed by atoms with Crippen LogP contribution in [0.15, 0.2) is 42.5 Å². The molecule has 2 fully saturated rings. The highest BCUT2D eigenvalue weighted by molar-refractivity contribution is 5.90. The Hall–Kier alpha value is -2.02. The molecule has 0 radical (unpaired) electrons. The summed E-state index contributed by atoms with van der Waals surface area (Å²) in [6.45, 7) is 5.56. The van der Waals surface area contributed by atoms with Crippen LogP contribution in [0.4, 0.5) is 0 Å². The van der Waals surface area contributed by atoms with Crippen LogP contribution in [-0.4, -0.2) is 6.61 Å². The highest BCUT2D eigenvalue weighted by atomic mass is 16.5. The Bertz CT molecular complexity index is 909. The summed E-state index contributed by atoms with van der Waals surface area (Å²) in [6.07, 6.45) is 14.9. The van der Waals surface area contributed by atoms with E-state index >= 15 is 0 Å². The number of hydrogen-bond donors (Lipinski definition) is 0. The summed E-state index contributed by atoms with van der Waals surface area (Å²) < 4.78 is 6.48. The molecule has 0 unspecified atom stereocenters. The van der Waals surface area contributed by atoms with E-state index in [1.54, 1.807) is 0 Å². The minimum Gasteiger partial charge on any atom is -0.493 e. The SMILES string of the molecule is Cc1ccc(OCC2CCC(C3CCC(C)CC3)CC2)c2c1CC(c1ccccc1)=C2. The minimum atomic E-state index is 0.731. The van der Waals surface area contributed by atoms with Gasteiger partial charge >= 0.3 is 0 Å². The van der Waals surface area contributed by atoms with Crippen LogP contribution in [0.2, 0.25) is 0 Å². The number of allylic oxidation sites excluding steroid dienone is 1. The number of ether oxygens (including phenoxy) is 1. The van der Waals surface area contributed by atoms with Crippen molar-refractivity contribution in [2.24, 2.45) is 23.7 Å². The van der Waals surface area contributed by atoms with Gasteiger partial charge in [0.15, 0.2) is 0 Å². The number of hydrogen-bond acceptors (Lipinski definition) is 1. The highest BCUT2D eigenvalue weighted by Gasteiger charge is 2.30. The van der Waals surface area contributed by atoms with E-state index in [4.69, 9.17) is 4.74 Å². The minimum absolute atomic E-state index is 0.731. The molecule has 0 aromatic heterocycles. The van der Waals surface area contributed by atoms with Gasteiger partial charge in [-0.15, -0.1) is 0 Å². The molecule has 3 aliphatic rings. The molecule has 3 aliphatic carbocycles. The Morgan fingerprint density at radius 3 is 2.19 bits per heavy atom. The van der Waals surface area contributed by atoms with Crippen LogP contribution >= 0.6 is 0 Å². The second kappa shape index (κ2) is 9.23. The average Bonchev–Trinajstić information content (AvgIpc) is 3.27. The molecule has 0 heterocycles. The van der Waals surface area contributed by atoms with Crippen molar-refractivity contribution in [3.63, 3.8) is 0 Å². The van der Waals surface area contributed by atoms with Crippen molar-refractivity contribution in [2.45, 2.75) is 71.6 Å². The third-order valence-electron chi connectivity index (χ3n) is 8.47. The van der Waals surface area contributed by atoms with Gasteiger partial charge in [0.25, 0.3) is 0 Å². The lowest BCUT2D eigenvalue weighted by Crippen LogP contribution is -2.27. The van der Waals surface area contributed by atoms with Crippen LogP contribution in [0.25, 0.3) is 11.6 Å². The predicted molar refractivity (Wildman–Crippen MR) is 131 cm³/mol. The van der Waals surface area contributed by atoms with E-state index in [1.165, 1.54) is 79.2 Å². The van der Waals surface area contributed by atoms with Gasteiger partial charge in [0.2, 0.25) is 0 Å². The molecule has 0 saturated heterocycles. The van der Waals surface area contributed by atoms with Crippen LogP contribution in [0.5, 0.6) is 5.75 Å². The molecule has 2 saturated carbocycles. The molecule has 31 heavy (non-hydrogen) atoms.